The van der Waals surface area contributed by atoms with E-state index < -0.39 is 11.9 Å². The molecule has 2 N–H and O–H groups in total. The van der Waals surface area contributed by atoms with Crippen molar-refractivity contribution >= 4 is 17.5 Å². The first kappa shape index (κ1) is 19.1. The van der Waals surface area contributed by atoms with Gasteiger partial charge >= 0.3 is 0 Å². The van der Waals surface area contributed by atoms with Crippen molar-refractivity contribution in [2.75, 3.05) is 13.2 Å². The normalized spacial score (nSPS) is 19.3. The topological polar surface area (TPSA) is 78.5 Å². The number of H-pyrrole nitrogens is 1. The third-order valence-electron chi connectivity index (χ3n) is 5.79. The van der Waals surface area contributed by atoms with Crippen molar-refractivity contribution < 1.29 is 19.0 Å². The van der Waals surface area contributed by atoms with E-state index >= 15 is 0 Å². The second kappa shape index (κ2) is 7.41. The molecule has 0 unspecified atom stereocenters. The maximum absolute atomic E-state index is 13.9. The molecule has 0 spiro atoms. The molecule has 30 heavy (non-hydrogen) atoms. The van der Waals surface area contributed by atoms with Gasteiger partial charge in [0.15, 0.2) is 5.69 Å². The number of hydrogen-bond donors (Lipinski definition) is 2. The highest BCUT2D eigenvalue weighted by Crippen LogP contribution is 2.46. The Hall–Kier alpha value is -2.90. The number of fused-ring (bicyclic) bond motifs is 1. The predicted molar refractivity (Wildman–Crippen MR) is 109 cm³/mol. The van der Waals surface area contributed by atoms with E-state index in [1.807, 2.05) is 17.0 Å². The Morgan fingerprint density at radius 2 is 1.90 bits per heavy atom. The molecule has 1 amide bonds. The van der Waals surface area contributed by atoms with Crippen LogP contribution in [-0.2, 0) is 4.74 Å². The lowest BCUT2D eigenvalue weighted by molar-refractivity contribution is 0.0246. The summed E-state index contributed by atoms with van der Waals surface area (Å²) < 4.78 is 19.4. The van der Waals surface area contributed by atoms with Gasteiger partial charge in [0, 0.05) is 35.4 Å². The minimum atomic E-state index is -0.486. The number of aromatic hydroxyl groups is 1. The second-order valence-electron chi connectivity index (χ2n) is 7.53. The number of halogens is 2. The van der Waals surface area contributed by atoms with Crippen LogP contribution in [0.1, 0.15) is 40.5 Å². The molecule has 1 saturated heterocycles. The largest absolute Gasteiger partial charge is 0.507 e. The maximum atomic E-state index is 13.9. The van der Waals surface area contributed by atoms with E-state index in [1.54, 1.807) is 12.1 Å². The van der Waals surface area contributed by atoms with Crippen LogP contribution in [0.25, 0.3) is 11.3 Å². The Morgan fingerprint density at radius 1 is 1.17 bits per heavy atom. The number of ether oxygens (including phenoxy) is 1. The van der Waals surface area contributed by atoms with Crippen LogP contribution in [-0.4, -0.2) is 45.4 Å². The van der Waals surface area contributed by atoms with Crippen molar-refractivity contribution in [1.29, 1.82) is 0 Å². The lowest BCUT2D eigenvalue weighted by Crippen LogP contribution is -2.42. The molecule has 0 radical (unpaired) electrons. The number of rotatable bonds is 3. The van der Waals surface area contributed by atoms with Gasteiger partial charge in [-0.2, -0.15) is 5.10 Å². The van der Waals surface area contributed by atoms with Gasteiger partial charge in [-0.3, -0.25) is 9.89 Å². The van der Waals surface area contributed by atoms with E-state index in [-0.39, 0.29) is 23.3 Å². The number of nitrogens with zero attached hydrogens (tertiary/aromatic N) is 2. The Labute approximate surface area is 177 Å². The average Bonchev–Trinajstić information content (AvgIpc) is 3.30. The van der Waals surface area contributed by atoms with Gasteiger partial charge in [0.2, 0.25) is 0 Å². The maximum Gasteiger partial charge on any atom is 0.275 e. The minimum absolute atomic E-state index is 0.00455. The van der Waals surface area contributed by atoms with Gasteiger partial charge in [-0.25, -0.2) is 4.39 Å². The van der Waals surface area contributed by atoms with Crippen molar-refractivity contribution in [1.82, 2.24) is 15.1 Å². The summed E-state index contributed by atoms with van der Waals surface area (Å²) in [4.78, 5) is 15.2. The molecule has 154 valence electrons. The Morgan fingerprint density at radius 3 is 2.63 bits per heavy atom. The van der Waals surface area contributed by atoms with Gasteiger partial charge in [0.1, 0.15) is 11.6 Å². The minimum Gasteiger partial charge on any atom is -0.507 e. The molecule has 1 atom stereocenters. The molecule has 1 fully saturated rings. The number of amides is 1. The molecule has 2 aromatic carbocycles. The zero-order chi connectivity index (χ0) is 20.8. The number of hydrogen-bond acceptors (Lipinski definition) is 4. The fraction of sp³-hybridized carbons (Fsp3) is 0.273. The predicted octanol–water partition coefficient (Wildman–Crippen LogP) is 4.30. The molecule has 2 aliphatic rings. The van der Waals surface area contributed by atoms with Gasteiger partial charge < -0.3 is 14.7 Å². The highest BCUT2D eigenvalue weighted by Gasteiger charge is 2.46. The Balaban J connectivity index is 1.69. The molecule has 0 bridgehead atoms. The van der Waals surface area contributed by atoms with Gasteiger partial charge in [-0.1, -0.05) is 23.7 Å². The second-order valence-corrected chi connectivity index (χ2v) is 7.97. The van der Waals surface area contributed by atoms with Crippen molar-refractivity contribution in [3.8, 4) is 17.0 Å². The summed E-state index contributed by atoms with van der Waals surface area (Å²) in [6, 6.07) is 10.6. The van der Waals surface area contributed by atoms with E-state index in [0.29, 0.717) is 35.2 Å². The van der Waals surface area contributed by atoms with Gasteiger partial charge in [-0.05, 0) is 48.7 Å². The monoisotopic (exact) mass is 427 g/mol. The molecule has 1 aromatic heterocycles. The number of carbonyl (C=O) groups excluding carboxylic acids is 1. The Kier molecular flexibility index (Phi) is 4.72. The summed E-state index contributed by atoms with van der Waals surface area (Å²) in [6.45, 7) is 1.17. The summed E-state index contributed by atoms with van der Waals surface area (Å²) in [5.74, 6) is -0.760. The molecular weight excluding hydrogens is 409 g/mol. The summed E-state index contributed by atoms with van der Waals surface area (Å²) >= 11 is 6.09. The molecule has 0 saturated carbocycles. The first-order valence-corrected chi connectivity index (χ1v) is 10.2. The molecule has 0 aliphatic carbocycles. The van der Waals surface area contributed by atoms with Crippen molar-refractivity contribution in [3.05, 3.63) is 70.1 Å². The molecule has 5 rings (SSSR count). The fourth-order valence-corrected chi connectivity index (χ4v) is 4.51. The number of benzene rings is 2. The first-order valence-electron chi connectivity index (χ1n) is 9.77. The zero-order valence-corrected chi connectivity index (χ0v) is 16.7. The van der Waals surface area contributed by atoms with E-state index in [4.69, 9.17) is 16.3 Å². The SMILES string of the molecule is O=C1c2n[nH]c(-c3cc(F)ccc3O)c2[C@@H](c2ccc(Cl)cc2)N1C1CCOCC1. The van der Waals surface area contributed by atoms with E-state index in [9.17, 15) is 14.3 Å². The lowest BCUT2D eigenvalue weighted by atomic mass is 9.94. The van der Waals surface area contributed by atoms with Crippen molar-refractivity contribution in [3.63, 3.8) is 0 Å². The van der Waals surface area contributed by atoms with Gasteiger partial charge in [0.25, 0.3) is 5.91 Å². The van der Waals surface area contributed by atoms with Gasteiger partial charge in [0.05, 0.1) is 11.7 Å². The van der Waals surface area contributed by atoms with Crippen LogP contribution >= 0.6 is 11.6 Å². The third-order valence-corrected chi connectivity index (χ3v) is 6.04. The van der Waals surface area contributed by atoms with Crippen molar-refractivity contribution in [2.45, 2.75) is 24.9 Å². The number of phenolic OH excluding ortho intramolecular Hbond substituents is 1. The number of phenols is 1. The van der Waals surface area contributed by atoms with Crippen LogP contribution in [0.2, 0.25) is 5.02 Å². The molecule has 3 aromatic rings. The van der Waals surface area contributed by atoms with Crippen LogP contribution in [0, 0.1) is 5.82 Å². The molecule has 8 heteroatoms. The number of aromatic nitrogens is 2. The Bertz CT molecular complexity index is 1110. The summed E-state index contributed by atoms with van der Waals surface area (Å²) in [7, 11) is 0. The number of aromatic amines is 1. The van der Waals surface area contributed by atoms with Crippen LogP contribution < -0.4 is 0 Å². The smallest absolute Gasteiger partial charge is 0.275 e. The molecular formula is C22H19ClFN3O3. The highest BCUT2D eigenvalue weighted by atomic mass is 35.5. The van der Waals surface area contributed by atoms with Crippen molar-refractivity contribution in [2.24, 2.45) is 0 Å². The number of nitrogens with one attached hydrogen (secondary N) is 1. The molecule has 6 nitrogen and oxygen atoms in total. The quantitative estimate of drug-likeness (QED) is 0.653. The van der Waals surface area contributed by atoms with Crippen LogP contribution in [0.4, 0.5) is 4.39 Å². The lowest BCUT2D eigenvalue weighted by Gasteiger charge is -2.36. The van der Waals surface area contributed by atoms with E-state index in [1.165, 1.54) is 18.2 Å². The molecule has 2 aliphatic heterocycles. The molecule has 3 heterocycles. The van der Waals surface area contributed by atoms with E-state index in [0.717, 1.165) is 18.4 Å². The van der Waals surface area contributed by atoms with Crippen LogP contribution in [0.3, 0.4) is 0 Å². The van der Waals surface area contributed by atoms with Gasteiger partial charge in [-0.15, -0.1) is 0 Å². The number of carbonyl (C=O) groups is 1. The van der Waals surface area contributed by atoms with Crippen LogP contribution in [0.5, 0.6) is 5.75 Å². The fourth-order valence-electron chi connectivity index (χ4n) is 4.38. The standard InChI is InChI=1S/C22H19ClFN3O3/c23-13-3-1-12(2-4-13)21-18-19(16-11-14(24)5-6-17(16)28)25-26-20(18)22(29)27(21)15-7-9-30-10-8-15/h1-6,11,15,21,28H,7-10H2,(H,25,26)/t21-/m1/s1. The van der Waals surface area contributed by atoms with E-state index in [2.05, 4.69) is 10.2 Å². The zero-order valence-electron chi connectivity index (χ0n) is 15.9. The summed E-state index contributed by atoms with van der Waals surface area (Å²) in [5.41, 5.74) is 2.50. The summed E-state index contributed by atoms with van der Waals surface area (Å²) in [6.07, 6.45) is 1.45. The average molecular weight is 428 g/mol. The van der Waals surface area contributed by atoms with Crippen LogP contribution in [0.15, 0.2) is 42.5 Å². The highest BCUT2D eigenvalue weighted by molar-refractivity contribution is 6.30. The summed E-state index contributed by atoms with van der Waals surface area (Å²) in [5, 5.41) is 18.1. The first-order chi connectivity index (χ1) is 14.5. The third kappa shape index (κ3) is 3.05.